The van der Waals surface area contributed by atoms with Gasteiger partial charge >= 0.3 is 12.1 Å². The number of carboxylic acids is 1. The van der Waals surface area contributed by atoms with E-state index in [1.54, 1.807) is 18.2 Å². The summed E-state index contributed by atoms with van der Waals surface area (Å²) in [5.74, 6) is -0.976. The van der Waals surface area contributed by atoms with Crippen molar-refractivity contribution >= 4 is 12.1 Å². The minimum absolute atomic E-state index is 0.147. The molecule has 0 unspecified atom stereocenters. The molecule has 0 atom stereocenters. The third-order valence-corrected chi connectivity index (χ3v) is 3.19. The molecule has 2 N–H and O–H groups in total. The lowest BCUT2D eigenvalue weighted by molar-refractivity contribution is 0.0697. The highest BCUT2D eigenvalue weighted by molar-refractivity contribution is 5.89. The summed E-state index contributed by atoms with van der Waals surface area (Å²) in [6.45, 7) is 3.90. The second-order valence-corrected chi connectivity index (χ2v) is 4.78. The molecule has 23 heavy (non-hydrogen) atoms. The van der Waals surface area contributed by atoms with Gasteiger partial charge in [-0.1, -0.05) is 49.1 Å². The van der Waals surface area contributed by atoms with Crippen LogP contribution in [0.4, 0.5) is 4.79 Å². The van der Waals surface area contributed by atoms with Crippen LogP contribution in [0.15, 0.2) is 61.2 Å². The van der Waals surface area contributed by atoms with Crippen LogP contribution in [-0.4, -0.2) is 23.8 Å². The van der Waals surface area contributed by atoms with Gasteiger partial charge in [0.1, 0.15) is 6.61 Å². The summed E-state index contributed by atoms with van der Waals surface area (Å²) in [4.78, 5) is 22.6. The van der Waals surface area contributed by atoms with E-state index in [1.807, 2.05) is 30.3 Å². The summed E-state index contributed by atoms with van der Waals surface area (Å²) >= 11 is 0. The van der Waals surface area contributed by atoms with Crippen molar-refractivity contribution in [2.45, 2.75) is 6.54 Å². The van der Waals surface area contributed by atoms with E-state index in [1.165, 1.54) is 6.08 Å². The van der Waals surface area contributed by atoms with Crippen molar-refractivity contribution < 1.29 is 19.4 Å². The number of benzene rings is 2. The summed E-state index contributed by atoms with van der Waals surface area (Å²) in [6.07, 6.45) is 0.962. The topological polar surface area (TPSA) is 75.6 Å². The first-order chi connectivity index (χ1) is 11.1. The number of carboxylic acid groups (broad SMARTS) is 1. The maximum Gasteiger partial charge on any atom is 0.407 e. The molecule has 0 radical (unpaired) electrons. The number of amides is 1. The molecule has 0 aliphatic rings. The minimum Gasteiger partial charge on any atom is -0.478 e. The van der Waals surface area contributed by atoms with Crippen LogP contribution in [-0.2, 0) is 11.3 Å². The Bertz CT molecular complexity index is 724. The van der Waals surface area contributed by atoms with Gasteiger partial charge in [-0.05, 0) is 28.8 Å². The van der Waals surface area contributed by atoms with Gasteiger partial charge in [0.2, 0.25) is 0 Å². The predicted molar refractivity (Wildman–Crippen MR) is 87.2 cm³/mol. The van der Waals surface area contributed by atoms with Crippen LogP contribution >= 0.6 is 0 Å². The van der Waals surface area contributed by atoms with Gasteiger partial charge in [-0.25, -0.2) is 9.59 Å². The molecule has 0 saturated carbocycles. The van der Waals surface area contributed by atoms with Crippen LogP contribution in [0.25, 0.3) is 11.1 Å². The van der Waals surface area contributed by atoms with Crippen molar-refractivity contribution in [2.75, 3.05) is 6.61 Å². The Balaban J connectivity index is 2.20. The smallest absolute Gasteiger partial charge is 0.407 e. The molecule has 0 saturated heterocycles. The molecule has 5 heteroatoms. The molecule has 0 aliphatic heterocycles. The van der Waals surface area contributed by atoms with E-state index in [9.17, 15) is 9.59 Å². The molecule has 118 valence electrons. The zero-order chi connectivity index (χ0) is 16.7. The van der Waals surface area contributed by atoms with Crippen LogP contribution in [0.5, 0.6) is 0 Å². The first-order valence-electron chi connectivity index (χ1n) is 7.05. The van der Waals surface area contributed by atoms with Crippen LogP contribution in [0.3, 0.4) is 0 Å². The second kappa shape index (κ2) is 7.79. The van der Waals surface area contributed by atoms with E-state index in [2.05, 4.69) is 11.9 Å². The Hall–Kier alpha value is -3.08. The van der Waals surface area contributed by atoms with E-state index in [-0.39, 0.29) is 18.7 Å². The number of alkyl carbamates (subject to hydrolysis) is 1. The molecule has 2 rings (SSSR count). The Morgan fingerprint density at radius 3 is 2.70 bits per heavy atom. The van der Waals surface area contributed by atoms with Crippen LogP contribution < -0.4 is 5.32 Å². The van der Waals surface area contributed by atoms with Crippen LogP contribution in [0.2, 0.25) is 0 Å². The summed E-state index contributed by atoms with van der Waals surface area (Å²) in [6, 6.07) is 14.2. The zero-order valence-electron chi connectivity index (χ0n) is 12.5. The standard InChI is InChI=1S/C18H17NO4/c1-2-10-23-18(22)19-12-15-6-3-4-9-16(15)13-7-5-8-14(11-13)17(20)21/h2-9,11H,1,10,12H2,(H,19,22)(H,20,21). The second-order valence-electron chi connectivity index (χ2n) is 4.78. The Kier molecular flexibility index (Phi) is 5.52. The number of carbonyl (C=O) groups is 2. The minimum atomic E-state index is -0.976. The Morgan fingerprint density at radius 1 is 1.17 bits per heavy atom. The molecule has 0 aromatic heterocycles. The number of aromatic carboxylic acids is 1. The fourth-order valence-electron chi connectivity index (χ4n) is 2.13. The lowest BCUT2D eigenvalue weighted by Gasteiger charge is -2.11. The first-order valence-corrected chi connectivity index (χ1v) is 7.05. The largest absolute Gasteiger partial charge is 0.478 e. The predicted octanol–water partition coefficient (Wildman–Crippen LogP) is 3.46. The highest BCUT2D eigenvalue weighted by Gasteiger charge is 2.09. The van der Waals surface area contributed by atoms with E-state index in [0.29, 0.717) is 0 Å². The molecule has 0 heterocycles. The fourth-order valence-corrected chi connectivity index (χ4v) is 2.13. The third kappa shape index (κ3) is 4.44. The summed E-state index contributed by atoms with van der Waals surface area (Å²) in [5.41, 5.74) is 2.72. The van der Waals surface area contributed by atoms with E-state index >= 15 is 0 Å². The molecule has 5 nitrogen and oxygen atoms in total. The maximum atomic E-state index is 11.5. The van der Waals surface area contributed by atoms with Gasteiger partial charge < -0.3 is 15.2 Å². The number of rotatable bonds is 6. The molecule has 0 bridgehead atoms. The fraction of sp³-hybridized carbons (Fsp3) is 0.111. The summed E-state index contributed by atoms with van der Waals surface area (Å²) in [5, 5.41) is 11.8. The molecule has 2 aromatic carbocycles. The average molecular weight is 311 g/mol. The van der Waals surface area contributed by atoms with Gasteiger partial charge in [0.25, 0.3) is 0 Å². The number of carbonyl (C=O) groups excluding carboxylic acids is 1. The Labute approximate surface area is 134 Å². The number of ether oxygens (including phenoxy) is 1. The van der Waals surface area contributed by atoms with Crippen molar-refractivity contribution in [1.29, 1.82) is 0 Å². The molecule has 2 aromatic rings. The quantitative estimate of drug-likeness (QED) is 0.801. The van der Waals surface area contributed by atoms with Crippen molar-refractivity contribution in [3.63, 3.8) is 0 Å². The van der Waals surface area contributed by atoms with Gasteiger partial charge in [0, 0.05) is 6.54 Å². The zero-order valence-corrected chi connectivity index (χ0v) is 12.5. The van der Waals surface area contributed by atoms with Crippen molar-refractivity contribution in [2.24, 2.45) is 0 Å². The average Bonchev–Trinajstić information content (AvgIpc) is 2.58. The molecular formula is C18H17NO4. The lowest BCUT2D eigenvalue weighted by atomic mass is 9.98. The monoisotopic (exact) mass is 311 g/mol. The van der Waals surface area contributed by atoms with Gasteiger partial charge in [-0.2, -0.15) is 0 Å². The molecule has 0 aliphatic carbocycles. The van der Waals surface area contributed by atoms with E-state index in [0.717, 1.165) is 16.7 Å². The molecule has 0 spiro atoms. The van der Waals surface area contributed by atoms with E-state index < -0.39 is 12.1 Å². The number of hydrogen-bond acceptors (Lipinski definition) is 3. The number of hydrogen-bond donors (Lipinski definition) is 2. The third-order valence-electron chi connectivity index (χ3n) is 3.19. The van der Waals surface area contributed by atoms with Crippen molar-refractivity contribution in [1.82, 2.24) is 5.32 Å². The van der Waals surface area contributed by atoms with Gasteiger partial charge in [0.15, 0.2) is 0 Å². The molecule has 1 amide bonds. The molecule has 0 fully saturated rings. The maximum absolute atomic E-state index is 11.5. The van der Waals surface area contributed by atoms with Gasteiger partial charge in [-0.3, -0.25) is 0 Å². The van der Waals surface area contributed by atoms with Gasteiger partial charge in [-0.15, -0.1) is 0 Å². The SMILES string of the molecule is C=CCOC(=O)NCc1ccccc1-c1cccc(C(=O)O)c1. The lowest BCUT2D eigenvalue weighted by Crippen LogP contribution is -2.24. The summed E-state index contributed by atoms with van der Waals surface area (Å²) < 4.78 is 4.86. The van der Waals surface area contributed by atoms with Crippen LogP contribution in [0, 0.1) is 0 Å². The van der Waals surface area contributed by atoms with Crippen molar-refractivity contribution in [3.05, 3.63) is 72.3 Å². The molecular weight excluding hydrogens is 294 g/mol. The highest BCUT2D eigenvalue weighted by atomic mass is 16.5. The highest BCUT2D eigenvalue weighted by Crippen LogP contribution is 2.24. The summed E-state index contributed by atoms with van der Waals surface area (Å²) in [7, 11) is 0. The first kappa shape index (κ1) is 16.3. The Morgan fingerprint density at radius 2 is 1.96 bits per heavy atom. The van der Waals surface area contributed by atoms with Crippen LogP contribution in [0.1, 0.15) is 15.9 Å². The van der Waals surface area contributed by atoms with Crippen molar-refractivity contribution in [3.8, 4) is 11.1 Å². The van der Waals surface area contributed by atoms with Gasteiger partial charge in [0.05, 0.1) is 5.56 Å². The number of nitrogens with one attached hydrogen (secondary N) is 1. The normalized spacial score (nSPS) is 9.91. The van der Waals surface area contributed by atoms with E-state index in [4.69, 9.17) is 9.84 Å².